The van der Waals surface area contributed by atoms with Crippen molar-refractivity contribution in [3.05, 3.63) is 70.4 Å². The van der Waals surface area contributed by atoms with Crippen LogP contribution in [-0.4, -0.2) is 34.7 Å². The highest BCUT2D eigenvalue weighted by atomic mass is 16.3. The van der Waals surface area contributed by atoms with Crippen molar-refractivity contribution in [3.8, 4) is 0 Å². The number of benzene rings is 2. The van der Waals surface area contributed by atoms with Crippen LogP contribution in [-0.2, 0) is 19.4 Å². The Labute approximate surface area is 163 Å². The molecular formula is C24H32N2O. The Morgan fingerprint density at radius 2 is 1.63 bits per heavy atom. The highest BCUT2D eigenvalue weighted by molar-refractivity contribution is 5.86. The molecule has 3 aromatic rings. The largest absolute Gasteiger partial charge is 0.387 e. The summed E-state index contributed by atoms with van der Waals surface area (Å²) in [6.45, 7) is 7.02. The maximum absolute atomic E-state index is 10.9. The van der Waals surface area contributed by atoms with E-state index in [2.05, 4.69) is 60.7 Å². The zero-order valence-electron chi connectivity index (χ0n) is 16.0. The molecule has 1 atom stereocenters. The van der Waals surface area contributed by atoms with Crippen LogP contribution in [0.2, 0.25) is 0 Å². The van der Waals surface area contributed by atoms with Crippen molar-refractivity contribution in [1.82, 2.24) is 9.47 Å². The fraction of sp³-hybridized carbons (Fsp3) is 0.417. The Kier molecular flexibility index (Phi) is 5.73. The molecule has 1 aromatic heterocycles. The van der Waals surface area contributed by atoms with Crippen LogP contribution in [0.3, 0.4) is 0 Å². The number of nitrogens with zero attached hydrogens (tertiary/aromatic N) is 2. The molecule has 27 heavy (non-hydrogen) atoms. The molecule has 2 heterocycles. The Bertz CT molecular complexity index is 924. The molecule has 0 bridgehead atoms. The molecule has 3 heteroatoms. The zero-order chi connectivity index (χ0) is 18.3. The van der Waals surface area contributed by atoms with E-state index in [9.17, 15) is 5.11 Å². The summed E-state index contributed by atoms with van der Waals surface area (Å²) in [5.74, 6) is 0. The maximum Gasteiger partial charge on any atom is 0.0969 e. The first-order valence-corrected chi connectivity index (χ1v) is 9.56. The summed E-state index contributed by atoms with van der Waals surface area (Å²) in [6, 6.07) is 15.0. The van der Waals surface area contributed by atoms with E-state index in [1.165, 1.54) is 33.3 Å². The molecule has 1 unspecified atom stereocenters. The molecule has 4 rings (SSSR count). The summed E-state index contributed by atoms with van der Waals surface area (Å²) in [6.07, 6.45) is 1.64. The lowest BCUT2D eigenvalue weighted by Crippen LogP contribution is -2.21. The molecule has 144 valence electrons. The van der Waals surface area contributed by atoms with Gasteiger partial charge in [-0.05, 0) is 50.6 Å². The van der Waals surface area contributed by atoms with E-state index in [1.54, 1.807) is 0 Å². The monoisotopic (exact) mass is 364 g/mol. The van der Waals surface area contributed by atoms with Crippen LogP contribution in [0.1, 0.15) is 41.5 Å². The third kappa shape index (κ3) is 3.80. The van der Waals surface area contributed by atoms with Crippen molar-refractivity contribution in [3.63, 3.8) is 0 Å². The van der Waals surface area contributed by atoms with E-state index in [0.29, 0.717) is 6.54 Å². The van der Waals surface area contributed by atoms with E-state index >= 15 is 0 Å². The van der Waals surface area contributed by atoms with Gasteiger partial charge in [0.05, 0.1) is 12.6 Å². The van der Waals surface area contributed by atoms with Crippen molar-refractivity contribution in [2.75, 3.05) is 20.1 Å². The number of aryl methyl sites for hydroxylation is 2. The minimum Gasteiger partial charge on any atom is -0.387 e. The normalized spacial score (nSPS) is 15.9. The van der Waals surface area contributed by atoms with Crippen LogP contribution in [0.25, 0.3) is 10.9 Å². The van der Waals surface area contributed by atoms with E-state index in [0.717, 1.165) is 31.5 Å². The Morgan fingerprint density at radius 1 is 0.963 bits per heavy atom. The predicted molar refractivity (Wildman–Crippen MR) is 114 cm³/mol. The first-order valence-electron chi connectivity index (χ1n) is 9.56. The Hall–Kier alpha value is -2.10. The number of aromatic nitrogens is 1. The van der Waals surface area contributed by atoms with Crippen molar-refractivity contribution in [2.45, 2.75) is 46.8 Å². The van der Waals surface area contributed by atoms with E-state index in [4.69, 9.17) is 0 Å². The van der Waals surface area contributed by atoms with Gasteiger partial charge in [0.2, 0.25) is 0 Å². The number of rotatable bonds is 3. The number of hydrogen-bond acceptors (Lipinski definition) is 2. The van der Waals surface area contributed by atoms with Crippen molar-refractivity contribution in [2.24, 2.45) is 0 Å². The second-order valence-electron chi connectivity index (χ2n) is 7.79. The SMILES string of the molecule is C.Cc1ccc(C(O)Cn2c3c(c4cc(C)ccc42)CCN(C)CC3)cc1. The van der Waals surface area contributed by atoms with Gasteiger partial charge < -0.3 is 14.6 Å². The average molecular weight is 365 g/mol. The first kappa shape index (κ1) is 19.7. The van der Waals surface area contributed by atoms with Crippen molar-refractivity contribution >= 4 is 10.9 Å². The van der Waals surface area contributed by atoms with Crippen LogP contribution < -0.4 is 0 Å². The van der Waals surface area contributed by atoms with Gasteiger partial charge in [-0.25, -0.2) is 0 Å². The molecule has 0 amide bonds. The van der Waals surface area contributed by atoms with Gasteiger partial charge in [0.25, 0.3) is 0 Å². The van der Waals surface area contributed by atoms with Gasteiger partial charge in [-0.3, -0.25) is 0 Å². The van der Waals surface area contributed by atoms with Crippen LogP contribution in [0, 0.1) is 13.8 Å². The second-order valence-corrected chi connectivity index (χ2v) is 7.79. The van der Waals surface area contributed by atoms with E-state index < -0.39 is 6.10 Å². The molecule has 0 saturated carbocycles. The van der Waals surface area contributed by atoms with E-state index in [-0.39, 0.29) is 7.43 Å². The minimum atomic E-state index is -0.488. The fourth-order valence-corrected chi connectivity index (χ4v) is 4.14. The summed E-state index contributed by atoms with van der Waals surface area (Å²) < 4.78 is 2.37. The third-order valence-corrected chi connectivity index (χ3v) is 5.73. The lowest BCUT2D eigenvalue weighted by atomic mass is 10.1. The molecule has 3 nitrogen and oxygen atoms in total. The summed E-state index contributed by atoms with van der Waals surface area (Å²) in [5, 5.41) is 12.3. The van der Waals surface area contributed by atoms with Crippen LogP contribution in [0.4, 0.5) is 0 Å². The lowest BCUT2D eigenvalue weighted by Gasteiger charge is -2.17. The molecule has 1 aliphatic heterocycles. The van der Waals surface area contributed by atoms with Crippen molar-refractivity contribution < 1.29 is 5.11 Å². The molecule has 1 N–H and O–H groups in total. The second kappa shape index (κ2) is 7.87. The predicted octanol–water partition coefficient (Wildman–Crippen LogP) is 4.66. The summed E-state index contributed by atoms with van der Waals surface area (Å²) in [7, 11) is 2.20. The van der Waals surface area contributed by atoms with Gasteiger partial charge in [-0.2, -0.15) is 0 Å². The molecule has 0 aliphatic carbocycles. The number of aliphatic hydroxyl groups is 1. The van der Waals surface area contributed by atoms with E-state index in [1.807, 2.05) is 12.1 Å². The number of likely N-dealkylation sites (N-methyl/N-ethyl adjacent to an activating group) is 1. The molecule has 0 radical (unpaired) electrons. The Balaban J connectivity index is 0.00000210. The highest BCUT2D eigenvalue weighted by Crippen LogP contribution is 2.31. The number of fused-ring (bicyclic) bond motifs is 3. The third-order valence-electron chi connectivity index (χ3n) is 5.73. The van der Waals surface area contributed by atoms with Gasteiger partial charge in [0.15, 0.2) is 0 Å². The van der Waals surface area contributed by atoms with Gasteiger partial charge in [-0.15, -0.1) is 0 Å². The number of aliphatic hydroxyl groups excluding tert-OH is 1. The van der Waals surface area contributed by atoms with Crippen LogP contribution in [0.5, 0.6) is 0 Å². The lowest BCUT2D eigenvalue weighted by molar-refractivity contribution is 0.157. The molecule has 1 aliphatic rings. The molecule has 0 saturated heterocycles. The Morgan fingerprint density at radius 3 is 2.37 bits per heavy atom. The van der Waals surface area contributed by atoms with Crippen molar-refractivity contribution in [1.29, 1.82) is 0 Å². The summed E-state index contributed by atoms with van der Waals surface area (Å²) >= 11 is 0. The molecule has 0 spiro atoms. The summed E-state index contributed by atoms with van der Waals surface area (Å²) in [5.41, 5.74) is 7.65. The first-order chi connectivity index (χ1) is 12.5. The molecule has 0 fully saturated rings. The van der Waals surface area contributed by atoms with Gasteiger partial charge >= 0.3 is 0 Å². The molecule has 2 aromatic carbocycles. The van der Waals surface area contributed by atoms with Gasteiger partial charge in [-0.1, -0.05) is 48.9 Å². The quantitative estimate of drug-likeness (QED) is 0.732. The minimum absolute atomic E-state index is 0. The van der Waals surface area contributed by atoms with Gasteiger partial charge in [0.1, 0.15) is 0 Å². The maximum atomic E-state index is 10.9. The van der Waals surface area contributed by atoms with Crippen LogP contribution in [0.15, 0.2) is 42.5 Å². The standard InChI is InChI=1S/C23H28N2O.CH4/c1-16-4-7-18(8-5-16)23(26)15-25-21-9-6-17(2)14-20(21)19-10-12-24(3)13-11-22(19)25;/h4-9,14,23,26H,10-13,15H2,1-3H3;1H4. The van der Waals surface area contributed by atoms with Gasteiger partial charge in [0, 0.05) is 36.1 Å². The average Bonchev–Trinajstić information content (AvgIpc) is 2.76. The molecular weight excluding hydrogens is 332 g/mol. The summed E-state index contributed by atoms with van der Waals surface area (Å²) in [4.78, 5) is 2.41. The fourth-order valence-electron chi connectivity index (χ4n) is 4.14. The highest BCUT2D eigenvalue weighted by Gasteiger charge is 2.22. The smallest absolute Gasteiger partial charge is 0.0969 e. The van der Waals surface area contributed by atoms with Crippen LogP contribution >= 0.6 is 0 Å². The topological polar surface area (TPSA) is 28.4 Å². The zero-order valence-corrected chi connectivity index (χ0v) is 16.0. The number of hydrogen-bond donors (Lipinski definition) is 1.